The summed E-state index contributed by atoms with van der Waals surface area (Å²) in [4.78, 5) is 0. The van der Waals surface area contributed by atoms with Crippen molar-refractivity contribution in [1.29, 1.82) is 0 Å². The fraction of sp³-hybridized carbons (Fsp3) is 0.0769. The highest BCUT2D eigenvalue weighted by Crippen LogP contribution is 2.17. The molecule has 0 radical (unpaired) electrons. The molecular formula is C13H10BrIO. The lowest BCUT2D eigenvalue weighted by atomic mass is 10.2. The van der Waals surface area contributed by atoms with Crippen LogP contribution in [-0.2, 0) is 6.61 Å². The fourth-order valence-electron chi connectivity index (χ4n) is 1.35. The quantitative estimate of drug-likeness (QED) is 0.696. The largest absolute Gasteiger partial charge is 0.489 e. The molecular weight excluding hydrogens is 379 g/mol. The van der Waals surface area contributed by atoms with E-state index in [0.29, 0.717) is 6.61 Å². The maximum Gasteiger partial charge on any atom is 0.120 e. The Balaban J connectivity index is 2.02. The number of benzene rings is 2. The molecule has 3 heteroatoms. The van der Waals surface area contributed by atoms with Crippen molar-refractivity contribution in [3.63, 3.8) is 0 Å². The molecule has 0 atom stereocenters. The van der Waals surface area contributed by atoms with Gasteiger partial charge in [-0.2, -0.15) is 0 Å². The Morgan fingerprint density at radius 2 is 1.88 bits per heavy atom. The van der Waals surface area contributed by atoms with Crippen molar-refractivity contribution in [2.45, 2.75) is 6.61 Å². The van der Waals surface area contributed by atoms with E-state index >= 15 is 0 Å². The predicted molar refractivity (Wildman–Crippen MR) is 77.6 cm³/mol. The van der Waals surface area contributed by atoms with Gasteiger partial charge in [-0.1, -0.05) is 34.1 Å². The van der Waals surface area contributed by atoms with Gasteiger partial charge in [0.15, 0.2) is 0 Å². The first-order valence-electron chi connectivity index (χ1n) is 4.87. The molecule has 16 heavy (non-hydrogen) atoms. The summed E-state index contributed by atoms with van der Waals surface area (Å²) in [6, 6.07) is 16.2. The molecule has 0 saturated carbocycles. The lowest BCUT2D eigenvalue weighted by Gasteiger charge is -2.06. The van der Waals surface area contributed by atoms with E-state index in [0.717, 1.165) is 15.8 Å². The van der Waals surface area contributed by atoms with E-state index in [1.165, 1.54) is 3.57 Å². The van der Waals surface area contributed by atoms with E-state index in [9.17, 15) is 0 Å². The van der Waals surface area contributed by atoms with Gasteiger partial charge in [0.25, 0.3) is 0 Å². The molecule has 0 spiro atoms. The van der Waals surface area contributed by atoms with Gasteiger partial charge in [0.2, 0.25) is 0 Å². The van der Waals surface area contributed by atoms with Crippen LogP contribution in [0.15, 0.2) is 53.0 Å². The fourth-order valence-corrected chi connectivity index (χ4v) is 2.31. The normalized spacial score (nSPS) is 10.1. The van der Waals surface area contributed by atoms with E-state index in [1.54, 1.807) is 0 Å². The van der Waals surface area contributed by atoms with E-state index in [2.05, 4.69) is 50.7 Å². The van der Waals surface area contributed by atoms with Gasteiger partial charge in [-0.3, -0.25) is 0 Å². The van der Waals surface area contributed by atoms with E-state index in [1.807, 2.05) is 36.4 Å². The summed E-state index contributed by atoms with van der Waals surface area (Å²) in [6.07, 6.45) is 0. The molecule has 82 valence electrons. The average molecular weight is 389 g/mol. The molecule has 1 nitrogen and oxygen atoms in total. The maximum absolute atomic E-state index is 5.70. The van der Waals surface area contributed by atoms with Crippen molar-refractivity contribution in [1.82, 2.24) is 0 Å². The first kappa shape index (κ1) is 11.9. The Bertz CT molecular complexity index is 439. The van der Waals surface area contributed by atoms with Crippen LogP contribution in [0.4, 0.5) is 0 Å². The molecule has 0 saturated heterocycles. The summed E-state index contributed by atoms with van der Waals surface area (Å²) in [7, 11) is 0. The highest BCUT2D eigenvalue weighted by Gasteiger charge is 1.97. The van der Waals surface area contributed by atoms with Crippen LogP contribution in [0.5, 0.6) is 5.75 Å². The minimum Gasteiger partial charge on any atom is -0.489 e. The van der Waals surface area contributed by atoms with Gasteiger partial charge in [-0.05, 0) is 58.5 Å². The van der Waals surface area contributed by atoms with Crippen LogP contribution in [0.25, 0.3) is 0 Å². The van der Waals surface area contributed by atoms with Crippen LogP contribution in [0.1, 0.15) is 5.56 Å². The van der Waals surface area contributed by atoms with Gasteiger partial charge in [0.05, 0.1) is 0 Å². The molecule has 0 aliphatic heterocycles. The lowest BCUT2D eigenvalue weighted by molar-refractivity contribution is 0.306. The molecule has 0 aliphatic carbocycles. The summed E-state index contributed by atoms with van der Waals surface area (Å²) in [5, 5.41) is 0. The van der Waals surface area contributed by atoms with Gasteiger partial charge >= 0.3 is 0 Å². The second-order valence-electron chi connectivity index (χ2n) is 3.38. The first-order valence-corrected chi connectivity index (χ1v) is 6.74. The van der Waals surface area contributed by atoms with Crippen molar-refractivity contribution in [2.24, 2.45) is 0 Å². The van der Waals surface area contributed by atoms with Crippen molar-refractivity contribution < 1.29 is 4.74 Å². The van der Waals surface area contributed by atoms with E-state index < -0.39 is 0 Å². The third-order valence-corrected chi connectivity index (χ3v) is 3.25. The predicted octanol–water partition coefficient (Wildman–Crippen LogP) is 4.63. The summed E-state index contributed by atoms with van der Waals surface area (Å²) < 4.78 is 7.97. The van der Waals surface area contributed by atoms with Crippen molar-refractivity contribution in [2.75, 3.05) is 0 Å². The Kier molecular flexibility index (Phi) is 4.23. The monoisotopic (exact) mass is 388 g/mol. The Labute approximate surface area is 117 Å². The minimum atomic E-state index is 0.597. The molecule has 2 aromatic rings. The highest BCUT2D eigenvalue weighted by molar-refractivity contribution is 14.1. The van der Waals surface area contributed by atoms with Gasteiger partial charge in [0, 0.05) is 8.04 Å². The third-order valence-electron chi connectivity index (χ3n) is 2.09. The van der Waals surface area contributed by atoms with Crippen LogP contribution in [0.2, 0.25) is 0 Å². The zero-order chi connectivity index (χ0) is 11.4. The van der Waals surface area contributed by atoms with Crippen LogP contribution in [0, 0.1) is 3.57 Å². The lowest BCUT2D eigenvalue weighted by Crippen LogP contribution is -1.95. The molecule has 0 unspecified atom stereocenters. The zero-order valence-corrected chi connectivity index (χ0v) is 12.2. The van der Waals surface area contributed by atoms with Crippen LogP contribution in [-0.4, -0.2) is 0 Å². The molecule has 0 aliphatic rings. The van der Waals surface area contributed by atoms with Crippen molar-refractivity contribution >= 4 is 38.5 Å². The van der Waals surface area contributed by atoms with Gasteiger partial charge < -0.3 is 4.74 Å². The molecule has 0 heterocycles. The SMILES string of the molecule is Brc1cccc(COc2cccc(I)c2)c1. The number of halogens is 2. The summed E-state index contributed by atoms with van der Waals surface area (Å²) >= 11 is 5.72. The average Bonchev–Trinajstić information content (AvgIpc) is 2.27. The van der Waals surface area contributed by atoms with Gasteiger partial charge in [-0.25, -0.2) is 0 Å². The number of rotatable bonds is 3. The van der Waals surface area contributed by atoms with Crippen molar-refractivity contribution in [3.8, 4) is 5.75 Å². The second-order valence-corrected chi connectivity index (χ2v) is 5.54. The summed E-state index contributed by atoms with van der Waals surface area (Å²) in [6.45, 7) is 0.597. The molecule has 0 amide bonds. The zero-order valence-electron chi connectivity index (χ0n) is 8.49. The second kappa shape index (κ2) is 5.68. The van der Waals surface area contributed by atoms with Gasteiger partial charge in [-0.15, -0.1) is 0 Å². The summed E-state index contributed by atoms with van der Waals surface area (Å²) in [5.41, 5.74) is 1.16. The first-order chi connectivity index (χ1) is 7.74. The molecule has 2 rings (SSSR count). The molecule has 0 aromatic heterocycles. The minimum absolute atomic E-state index is 0.597. The summed E-state index contributed by atoms with van der Waals surface area (Å²) in [5.74, 6) is 0.909. The van der Waals surface area contributed by atoms with Crippen LogP contribution >= 0.6 is 38.5 Å². The van der Waals surface area contributed by atoms with E-state index in [-0.39, 0.29) is 0 Å². The number of hydrogen-bond donors (Lipinski definition) is 0. The molecule has 0 N–H and O–H groups in total. The Morgan fingerprint density at radius 1 is 1.06 bits per heavy atom. The number of hydrogen-bond acceptors (Lipinski definition) is 1. The standard InChI is InChI=1S/C13H10BrIO/c14-11-4-1-3-10(7-11)9-16-13-6-2-5-12(15)8-13/h1-8H,9H2. The smallest absolute Gasteiger partial charge is 0.120 e. The molecule has 0 fully saturated rings. The Morgan fingerprint density at radius 3 is 2.62 bits per heavy atom. The molecule has 2 aromatic carbocycles. The topological polar surface area (TPSA) is 9.23 Å². The van der Waals surface area contributed by atoms with Gasteiger partial charge in [0.1, 0.15) is 12.4 Å². The maximum atomic E-state index is 5.70. The Hall–Kier alpha value is -0.550. The van der Waals surface area contributed by atoms with Crippen molar-refractivity contribution in [3.05, 3.63) is 62.1 Å². The van der Waals surface area contributed by atoms with E-state index in [4.69, 9.17) is 4.74 Å². The third kappa shape index (κ3) is 3.49. The van der Waals surface area contributed by atoms with Crippen LogP contribution in [0.3, 0.4) is 0 Å². The highest BCUT2D eigenvalue weighted by atomic mass is 127. The molecule has 0 bridgehead atoms. The number of ether oxygens (including phenoxy) is 1. The van der Waals surface area contributed by atoms with Crippen LogP contribution < -0.4 is 4.74 Å².